The van der Waals surface area contributed by atoms with Crippen LogP contribution >= 0.6 is 0 Å². The fraction of sp³-hybridized carbons (Fsp3) is 0.231. The molecule has 0 aliphatic heterocycles. The van der Waals surface area contributed by atoms with Crippen molar-refractivity contribution in [2.24, 2.45) is 0 Å². The monoisotopic (exact) mass is 354 g/mol. The van der Waals surface area contributed by atoms with Crippen LogP contribution in [0.5, 0.6) is 5.75 Å². The molecule has 0 heterocycles. The van der Waals surface area contributed by atoms with Crippen LogP contribution in [0.25, 0.3) is 21.9 Å². The highest BCUT2D eigenvalue weighted by atomic mass is 16.3. The summed E-state index contributed by atoms with van der Waals surface area (Å²) in [5.41, 5.74) is 10.2. The summed E-state index contributed by atoms with van der Waals surface area (Å²) in [5.74, 6) is 0.620. The molecular weight excluding hydrogens is 328 g/mol. The molecule has 0 spiro atoms. The largest absolute Gasteiger partial charge is 0.507 e. The highest BCUT2D eigenvalue weighted by molar-refractivity contribution is 6.00. The average molecular weight is 354 g/mol. The molecule has 0 saturated heterocycles. The normalized spacial score (nSPS) is 15.3. The molecule has 0 fully saturated rings. The van der Waals surface area contributed by atoms with Crippen molar-refractivity contribution < 1.29 is 5.11 Å². The van der Waals surface area contributed by atoms with Gasteiger partial charge in [0.15, 0.2) is 0 Å². The molecular formula is C26H26O. The lowest BCUT2D eigenvalue weighted by Gasteiger charge is -2.22. The Bertz CT molecular complexity index is 1100. The predicted octanol–water partition coefficient (Wildman–Crippen LogP) is 7.29. The highest BCUT2D eigenvalue weighted by Crippen LogP contribution is 2.48. The zero-order valence-corrected chi connectivity index (χ0v) is 16.7. The summed E-state index contributed by atoms with van der Waals surface area (Å²) in [6.07, 6.45) is 0. The Kier molecular flexibility index (Phi) is 4.19. The number of phenolic OH excluding ortho intramolecular Hbond substituents is 1. The number of fused-ring (bicyclic) bond motifs is 1. The van der Waals surface area contributed by atoms with Gasteiger partial charge in [0.2, 0.25) is 0 Å². The Morgan fingerprint density at radius 1 is 0.741 bits per heavy atom. The van der Waals surface area contributed by atoms with E-state index in [4.69, 9.17) is 0 Å². The van der Waals surface area contributed by atoms with Gasteiger partial charge in [-0.3, -0.25) is 0 Å². The number of aromatic hydroxyl groups is 1. The van der Waals surface area contributed by atoms with Crippen LogP contribution in [0.3, 0.4) is 0 Å². The van der Waals surface area contributed by atoms with Gasteiger partial charge in [-0.25, -0.2) is 0 Å². The number of hydrogen-bond acceptors (Lipinski definition) is 1. The summed E-state index contributed by atoms with van der Waals surface area (Å²) in [6, 6.07) is 18.8. The van der Waals surface area contributed by atoms with Gasteiger partial charge in [-0.1, -0.05) is 65.2 Å². The zero-order valence-electron chi connectivity index (χ0n) is 16.7. The van der Waals surface area contributed by atoms with Crippen LogP contribution in [-0.4, -0.2) is 5.11 Å². The maximum absolute atomic E-state index is 10.8. The van der Waals surface area contributed by atoms with Crippen molar-refractivity contribution >= 4 is 10.8 Å². The minimum Gasteiger partial charge on any atom is -0.507 e. The van der Waals surface area contributed by atoms with Gasteiger partial charge in [-0.05, 0) is 73.7 Å². The van der Waals surface area contributed by atoms with Gasteiger partial charge < -0.3 is 5.11 Å². The second-order valence-corrected chi connectivity index (χ2v) is 7.82. The number of benzene rings is 3. The third-order valence-corrected chi connectivity index (χ3v) is 6.31. The Morgan fingerprint density at radius 3 is 2.11 bits per heavy atom. The summed E-state index contributed by atoms with van der Waals surface area (Å²) in [4.78, 5) is 0. The third kappa shape index (κ3) is 2.70. The van der Waals surface area contributed by atoms with E-state index in [1.807, 2.05) is 24.3 Å². The van der Waals surface area contributed by atoms with Crippen LogP contribution in [-0.2, 0) is 0 Å². The molecule has 0 atom stereocenters. The summed E-state index contributed by atoms with van der Waals surface area (Å²) < 4.78 is 0. The molecule has 0 aromatic heterocycles. The van der Waals surface area contributed by atoms with Crippen molar-refractivity contribution in [1.82, 2.24) is 0 Å². The maximum atomic E-state index is 10.8. The second-order valence-electron chi connectivity index (χ2n) is 7.82. The first-order valence-corrected chi connectivity index (χ1v) is 9.57. The van der Waals surface area contributed by atoms with E-state index in [-0.39, 0.29) is 5.92 Å². The lowest BCUT2D eigenvalue weighted by Crippen LogP contribution is -2.03. The second kappa shape index (κ2) is 6.42. The number of phenols is 1. The lowest BCUT2D eigenvalue weighted by molar-refractivity contribution is 0.478. The SMILES string of the molecule is CC1=C(C)C(c2ccc(C)cc2-c2c(O)ccc3ccccc23)C(C)=C1C. The Hall–Kier alpha value is -2.80. The summed E-state index contributed by atoms with van der Waals surface area (Å²) >= 11 is 0. The molecule has 1 nitrogen and oxygen atoms in total. The number of allylic oxidation sites excluding steroid dienone is 4. The molecule has 0 radical (unpaired) electrons. The van der Waals surface area contributed by atoms with E-state index < -0.39 is 0 Å². The van der Waals surface area contributed by atoms with E-state index in [0.29, 0.717) is 5.75 Å². The molecule has 1 aliphatic carbocycles. The molecule has 1 N–H and O–H groups in total. The molecule has 0 saturated carbocycles. The van der Waals surface area contributed by atoms with Gasteiger partial charge in [0, 0.05) is 11.5 Å². The Labute approximate surface area is 161 Å². The number of rotatable bonds is 2. The van der Waals surface area contributed by atoms with Gasteiger partial charge >= 0.3 is 0 Å². The van der Waals surface area contributed by atoms with Crippen LogP contribution in [0.15, 0.2) is 76.9 Å². The van der Waals surface area contributed by atoms with Crippen LogP contribution in [0.2, 0.25) is 0 Å². The maximum Gasteiger partial charge on any atom is 0.124 e. The summed E-state index contributed by atoms with van der Waals surface area (Å²) in [6.45, 7) is 11.0. The minimum atomic E-state index is 0.277. The van der Waals surface area contributed by atoms with Gasteiger partial charge in [-0.15, -0.1) is 0 Å². The number of aryl methyl sites for hydroxylation is 1. The van der Waals surface area contributed by atoms with Crippen LogP contribution in [0.4, 0.5) is 0 Å². The molecule has 1 heteroatoms. The molecule has 0 amide bonds. The molecule has 3 aromatic carbocycles. The van der Waals surface area contributed by atoms with Gasteiger partial charge in [0.05, 0.1) is 0 Å². The van der Waals surface area contributed by atoms with Crippen LogP contribution in [0, 0.1) is 6.92 Å². The molecule has 0 bridgehead atoms. The zero-order chi connectivity index (χ0) is 19.3. The smallest absolute Gasteiger partial charge is 0.124 e. The quantitative estimate of drug-likeness (QED) is 0.512. The predicted molar refractivity (Wildman–Crippen MR) is 115 cm³/mol. The fourth-order valence-corrected chi connectivity index (χ4v) is 4.50. The van der Waals surface area contributed by atoms with E-state index >= 15 is 0 Å². The van der Waals surface area contributed by atoms with E-state index in [9.17, 15) is 5.11 Å². The van der Waals surface area contributed by atoms with E-state index in [1.165, 1.54) is 33.4 Å². The van der Waals surface area contributed by atoms with Crippen molar-refractivity contribution in [1.29, 1.82) is 0 Å². The van der Waals surface area contributed by atoms with E-state index in [1.54, 1.807) is 0 Å². The lowest BCUT2D eigenvalue weighted by atomic mass is 9.82. The van der Waals surface area contributed by atoms with Crippen molar-refractivity contribution in [2.75, 3.05) is 0 Å². The highest BCUT2D eigenvalue weighted by Gasteiger charge is 2.28. The number of hydrogen-bond donors (Lipinski definition) is 1. The summed E-state index contributed by atoms with van der Waals surface area (Å²) in [5, 5.41) is 13.1. The van der Waals surface area contributed by atoms with Crippen LogP contribution in [0.1, 0.15) is 44.7 Å². The van der Waals surface area contributed by atoms with Gasteiger partial charge in [0.25, 0.3) is 0 Å². The van der Waals surface area contributed by atoms with E-state index in [0.717, 1.165) is 21.9 Å². The molecule has 1 aliphatic rings. The molecule has 3 aromatic rings. The summed E-state index contributed by atoms with van der Waals surface area (Å²) in [7, 11) is 0. The first-order valence-electron chi connectivity index (χ1n) is 9.57. The third-order valence-electron chi connectivity index (χ3n) is 6.31. The molecule has 0 unspecified atom stereocenters. The van der Waals surface area contributed by atoms with Gasteiger partial charge in [-0.2, -0.15) is 0 Å². The molecule has 136 valence electrons. The molecule has 4 rings (SSSR count). The Balaban J connectivity index is 2.05. The van der Waals surface area contributed by atoms with E-state index in [2.05, 4.69) is 65.0 Å². The van der Waals surface area contributed by atoms with Crippen molar-refractivity contribution in [3.05, 3.63) is 88.0 Å². The fourth-order valence-electron chi connectivity index (χ4n) is 4.50. The van der Waals surface area contributed by atoms with Crippen molar-refractivity contribution in [3.8, 4) is 16.9 Å². The minimum absolute atomic E-state index is 0.277. The topological polar surface area (TPSA) is 20.2 Å². The average Bonchev–Trinajstić information content (AvgIpc) is 2.85. The molecule has 27 heavy (non-hydrogen) atoms. The van der Waals surface area contributed by atoms with Crippen molar-refractivity contribution in [3.63, 3.8) is 0 Å². The first-order chi connectivity index (χ1) is 12.9. The van der Waals surface area contributed by atoms with Crippen LogP contribution < -0.4 is 0 Å². The Morgan fingerprint density at radius 2 is 1.41 bits per heavy atom. The first kappa shape index (κ1) is 17.6. The van der Waals surface area contributed by atoms with Gasteiger partial charge in [0.1, 0.15) is 5.75 Å². The standard InChI is InChI=1S/C26H26O/c1-15-10-12-22(25-18(4)16(2)17(3)19(25)5)23(14-15)26-21-9-7-6-8-20(21)11-13-24(26)27/h6-14,25,27H,1-5H3. The van der Waals surface area contributed by atoms with Crippen molar-refractivity contribution in [2.45, 2.75) is 40.5 Å².